The van der Waals surface area contributed by atoms with E-state index in [-0.39, 0.29) is 5.91 Å². The van der Waals surface area contributed by atoms with E-state index in [2.05, 4.69) is 11.1 Å². The quantitative estimate of drug-likeness (QED) is 0.850. The molecular formula is C16H18N4O. The first-order valence-corrected chi connectivity index (χ1v) is 7.20. The van der Waals surface area contributed by atoms with Crippen LogP contribution < -0.4 is 4.90 Å². The van der Waals surface area contributed by atoms with Gasteiger partial charge in [0.1, 0.15) is 5.41 Å². The van der Waals surface area contributed by atoms with Crippen molar-refractivity contribution >= 4 is 22.9 Å². The van der Waals surface area contributed by atoms with Crippen molar-refractivity contribution in [3.05, 3.63) is 24.3 Å². The molecule has 1 fully saturated rings. The van der Waals surface area contributed by atoms with Crippen molar-refractivity contribution < 1.29 is 4.79 Å². The maximum atomic E-state index is 12.8. The summed E-state index contributed by atoms with van der Waals surface area (Å²) >= 11 is 0. The summed E-state index contributed by atoms with van der Waals surface area (Å²) in [4.78, 5) is 18.8. The highest BCUT2D eigenvalue weighted by Crippen LogP contribution is 2.39. The van der Waals surface area contributed by atoms with Crippen LogP contribution in [0.2, 0.25) is 0 Å². The Morgan fingerprint density at radius 2 is 2.05 bits per heavy atom. The van der Waals surface area contributed by atoms with E-state index in [1.54, 1.807) is 7.05 Å². The van der Waals surface area contributed by atoms with E-state index in [9.17, 15) is 10.1 Å². The predicted molar refractivity (Wildman–Crippen MR) is 80.6 cm³/mol. The monoisotopic (exact) mass is 282 g/mol. The standard InChI is InChI=1S/C16H18N4O/c1-19-13-8-4-3-7-12(13)18-15(19)20(2)14(21)16(11-17)9-5-6-10-16/h3-4,7-8H,5-6,9-10H2,1-2H3. The molecule has 1 aliphatic rings. The van der Waals surface area contributed by atoms with Crippen LogP contribution in [0.15, 0.2) is 24.3 Å². The van der Waals surface area contributed by atoms with Crippen molar-refractivity contribution in [2.24, 2.45) is 12.5 Å². The van der Waals surface area contributed by atoms with Crippen LogP contribution in [0, 0.1) is 16.7 Å². The van der Waals surface area contributed by atoms with Crippen LogP contribution >= 0.6 is 0 Å². The van der Waals surface area contributed by atoms with Crippen LogP contribution in [0.3, 0.4) is 0 Å². The molecule has 3 rings (SSSR count). The van der Waals surface area contributed by atoms with Gasteiger partial charge >= 0.3 is 0 Å². The Balaban J connectivity index is 2.01. The number of amides is 1. The number of hydrogen-bond donors (Lipinski definition) is 0. The smallest absolute Gasteiger partial charge is 0.249 e. The molecule has 0 bridgehead atoms. The van der Waals surface area contributed by atoms with E-state index in [0.29, 0.717) is 18.8 Å². The number of fused-ring (bicyclic) bond motifs is 1. The van der Waals surface area contributed by atoms with Gasteiger partial charge in [-0.3, -0.25) is 9.69 Å². The minimum Gasteiger partial charge on any atom is -0.313 e. The minimum absolute atomic E-state index is 0.138. The highest BCUT2D eigenvalue weighted by atomic mass is 16.2. The van der Waals surface area contributed by atoms with Gasteiger partial charge in [0.15, 0.2) is 0 Å². The number of rotatable bonds is 2. The highest BCUT2D eigenvalue weighted by molar-refractivity contribution is 5.99. The molecule has 21 heavy (non-hydrogen) atoms. The number of aryl methyl sites for hydroxylation is 1. The molecule has 1 heterocycles. The summed E-state index contributed by atoms with van der Waals surface area (Å²) in [6.07, 6.45) is 3.18. The fourth-order valence-electron chi connectivity index (χ4n) is 3.20. The molecule has 0 radical (unpaired) electrons. The summed E-state index contributed by atoms with van der Waals surface area (Å²) in [5.41, 5.74) is 0.962. The second-order valence-electron chi connectivity index (χ2n) is 5.72. The lowest BCUT2D eigenvalue weighted by atomic mass is 9.86. The number of hydrogen-bond acceptors (Lipinski definition) is 3. The van der Waals surface area contributed by atoms with Crippen molar-refractivity contribution in [1.29, 1.82) is 5.26 Å². The highest BCUT2D eigenvalue weighted by Gasteiger charge is 2.44. The first-order valence-electron chi connectivity index (χ1n) is 7.20. The van der Waals surface area contributed by atoms with Gasteiger partial charge in [-0.25, -0.2) is 4.98 Å². The molecule has 5 heteroatoms. The molecule has 0 atom stereocenters. The Kier molecular flexibility index (Phi) is 3.17. The van der Waals surface area contributed by atoms with E-state index < -0.39 is 5.41 Å². The van der Waals surface area contributed by atoms with E-state index in [1.165, 1.54) is 4.90 Å². The number of anilines is 1. The SMILES string of the molecule is CN(C(=O)C1(C#N)CCCC1)c1nc2ccccc2n1C. The molecule has 108 valence electrons. The number of carbonyl (C=O) groups is 1. The van der Waals surface area contributed by atoms with Crippen molar-refractivity contribution in [1.82, 2.24) is 9.55 Å². The van der Waals surface area contributed by atoms with Crippen molar-refractivity contribution in [3.8, 4) is 6.07 Å². The number of para-hydroxylation sites is 2. The van der Waals surface area contributed by atoms with Crippen LogP contribution in [0.4, 0.5) is 5.95 Å². The Labute approximate surface area is 123 Å². The summed E-state index contributed by atoms with van der Waals surface area (Å²) in [6.45, 7) is 0. The number of benzene rings is 1. The summed E-state index contributed by atoms with van der Waals surface area (Å²) in [7, 11) is 3.60. The molecule has 1 amide bonds. The van der Waals surface area contributed by atoms with Crippen LogP contribution in [0.5, 0.6) is 0 Å². The lowest BCUT2D eigenvalue weighted by Crippen LogP contribution is -2.40. The van der Waals surface area contributed by atoms with Gasteiger partial charge in [0.2, 0.25) is 11.9 Å². The summed E-state index contributed by atoms with van der Waals surface area (Å²) in [6, 6.07) is 10.0. The normalized spacial score (nSPS) is 16.8. The minimum atomic E-state index is -0.868. The van der Waals surface area contributed by atoms with E-state index in [1.807, 2.05) is 35.9 Å². The molecule has 0 saturated heterocycles. The van der Waals surface area contributed by atoms with Crippen LogP contribution in [-0.4, -0.2) is 22.5 Å². The average molecular weight is 282 g/mol. The van der Waals surface area contributed by atoms with Gasteiger partial charge in [0.25, 0.3) is 0 Å². The Hall–Kier alpha value is -2.35. The largest absolute Gasteiger partial charge is 0.313 e. The van der Waals surface area contributed by atoms with Crippen molar-refractivity contribution in [2.45, 2.75) is 25.7 Å². The number of aromatic nitrogens is 2. The van der Waals surface area contributed by atoms with Crippen LogP contribution in [0.25, 0.3) is 11.0 Å². The van der Waals surface area contributed by atoms with Gasteiger partial charge in [0, 0.05) is 14.1 Å². The molecular weight excluding hydrogens is 264 g/mol. The van der Waals surface area contributed by atoms with Gasteiger partial charge in [-0.2, -0.15) is 5.26 Å². The van der Waals surface area contributed by atoms with E-state index in [0.717, 1.165) is 23.9 Å². The van der Waals surface area contributed by atoms with Crippen LogP contribution in [0.1, 0.15) is 25.7 Å². The first kappa shape index (κ1) is 13.6. The lowest BCUT2D eigenvalue weighted by Gasteiger charge is -2.25. The van der Waals surface area contributed by atoms with Gasteiger partial charge in [-0.15, -0.1) is 0 Å². The summed E-state index contributed by atoms with van der Waals surface area (Å²) in [5.74, 6) is 0.448. The molecule has 5 nitrogen and oxygen atoms in total. The first-order chi connectivity index (χ1) is 10.1. The third kappa shape index (κ3) is 1.99. The topological polar surface area (TPSA) is 61.9 Å². The second kappa shape index (κ2) is 4.88. The zero-order valence-corrected chi connectivity index (χ0v) is 12.3. The molecule has 0 N–H and O–H groups in total. The molecule has 1 aromatic carbocycles. The molecule has 1 saturated carbocycles. The molecule has 1 aromatic heterocycles. The zero-order chi connectivity index (χ0) is 15.0. The van der Waals surface area contributed by atoms with E-state index in [4.69, 9.17) is 0 Å². The molecule has 0 spiro atoms. The molecule has 0 aliphatic heterocycles. The van der Waals surface area contributed by atoms with Gasteiger partial charge in [-0.1, -0.05) is 25.0 Å². The lowest BCUT2D eigenvalue weighted by molar-refractivity contribution is -0.125. The number of nitrogens with zero attached hydrogens (tertiary/aromatic N) is 4. The Bertz CT molecular complexity index is 734. The third-order valence-electron chi connectivity index (χ3n) is 4.45. The average Bonchev–Trinajstić information content (AvgIpc) is 3.12. The predicted octanol–water partition coefficient (Wildman–Crippen LogP) is 2.62. The number of nitriles is 1. The fraction of sp³-hybridized carbons (Fsp3) is 0.438. The van der Waals surface area contributed by atoms with Crippen LogP contribution in [-0.2, 0) is 11.8 Å². The maximum absolute atomic E-state index is 12.8. The number of imidazole rings is 1. The molecule has 0 unspecified atom stereocenters. The maximum Gasteiger partial charge on any atom is 0.249 e. The zero-order valence-electron chi connectivity index (χ0n) is 12.3. The Morgan fingerprint density at radius 1 is 1.38 bits per heavy atom. The molecule has 2 aromatic rings. The van der Waals surface area contributed by atoms with Gasteiger partial charge in [-0.05, 0) is 25.0 Å². The fourth-order valence-corrected chi connectivity index (χ4v) is 3.20. The van der Waals surface area contributed by atoms with Crippen molar-refractivity contribution in [2.75, 3.05) is 11.9 Å². The third-order valence-corrected chi connectivity index (χ3v) is 4.45. The van der Waals surface area contributed by atoms with Crippen molar-refractivity contribution in [3.63, 3.8) is 0 Å². The summed E-state index contributed by atoms with van der Waals surface area (Å²) in [5, 5.41) is 9.47. The number of carbonyl (C=O) groups excluding carboxylic acids is 1. The van der Waals surface area contributed by atoms with Gasteiger partial charge < -0.3 is 4.57 Å². The van der Waals surface area contributed by atoms with Gasteiger partial charge in [0.05, 0.1) is 17.1 Å². The second-order valence-corrected chi connectivity index (χ2v) is 5.72. The Morgan fingerprint density at radius 3 is 2.67 bits per heavy atom. The molecule has 1 aliphatic carbocycles. The van der Waals surface area contributed by atoms with E-state index >= 15 is 0 Å². The summed E-state index contributed by atoms with van der Waals surface area (Å²) < 4.78 is 1.90.